The standard InChI is InChI=1S/C13H7ClN4/c14-12-10(8-16)5-6-17-13(12)18-11-4-2-1-3-9(11)7-15/h1-6H,(H,17,18). The van der Waals surface area contributed by atoms with Gasteiger partial charge in [0, 0.05) is 6.20 Å². The second-order valence-electron chi connectivity index (χ2n) is 3.42. The number of rotatable bonds is 2. The van der Waals surface area contributed by atoms with Crippen molar-refractivity contribution in [1.29, 1.82) is 10.5 Å². The van der Waals surface area contributed by atoms with Crippen LogP contribution in [0.3, 0.4) is 0 Å². The van der Waals surface area contributed by atoms with Gasteiger partial charge in [0.25, 0.3) is 0 Å². The zero-order chi connectivity index (χ0) is 13.0. The number of hydrogen-bond acceptors (Lipinski definition) is 4. The molecule has 0 aliphatic heterocycles. The maximum absolute atomic E-state index is 8.97. The molecule has 1 aromatic carbocycles. The minimum atomic E-state index is 0.243. The second-order valence-corrected chi connectivity index (χ2v) is 3.79. The van der Waals surface area contributed by atoms with E-state index in [1.165, 1.54) is 12.3 Å². The molecule has 4 nitrogen and oxygen atoms in total. The third kappa shape index (κ3) is 2.24. The summed E-state index contributed by atoms with van der Waals surface area (Å²) < 4.78 is 0. The first-order chi connectivity index (χ1) is 8.76. The van der Waals surface area contributed by atoms with E-state index in [-0.39, 0.29) is 5.02 Å². The summed E-state index contributed by atoms with van der Waals surface area (Å²) in [5.41, 5.74) is 1.42. The molecule has 1 N–H and O–H groups in total. The number of hydrogen-bond donors (Lipinski definition) is 1. The molecule has 0 unspecified atom stereocenters. The fourth-order valence-electron chi connectivity index (χ4n) is 1.43. The van der Waals surface area contributed by atoms with Crippen LogP contribution in [-0.4, -0.2) is 4.98 Å². The molecule has 0 saturated heterocycles. The van der Waals surface area contributed by atoms with E-state index in [0.29, 0.717) is 22.6 Å². The first-order valence-corrected chi connectivity index (χ1v) is 5.45. The number of pyridine rings is 1. The minimum absolute atomic E-state index is 0.243. The number of nitrogens with zero attached hydrogens (tertiary/aromatic N) is 3. The Labute approximate surface area is 109 Å². The van der Waals surface area contributed by atoms with Crippen molar-refractivity contribution in [1.82, 2.24) is 4.98 Å². The molecule has 0 atom stereocenters. The summed E-state index contributed by atoms with van der Waals surface area (Å²) in [6.07, 6.45) is 1.49. The van der Waals surface area contributed by atoms with E-state index in [1.807, 2.05) is 6.07 Å². The maximum Gasteiger partial charge on any atom is 0.150 e. The van der Waals surface area contributed by atoms with Crippen molar-refractivity contribution in [2.24, 2.45) is 0 Å². The van der Waals surface area contributed by atoms with Crippen molar-refractivity contribution >= 4 is 23.1 Å². The highest BCUT2D eigenvalue weighted by Crippen LogP contribution is 2.27. The molecule has 0 aliphatic carbocycles. The number of benzene rings is 1. The number of para-hydroxylation sites is 1. The van der Waals surface area contributed by atoms with Gasteiger partial charge in [-0.05, 0) is 18.2 Å². The van der Waals surface area contributed by atoms with Gasteiger partial charge in [-0.15, -0.1) is 0 Å². The largest absolute Gasteiger partial charge is 0.338 e. The highest BCUT2D eigenvalue weighted by Gasteiger charge is 2.09. The van der Waals surface area contributed by atoms with E-state index in [0.717, 1.165) is 0 Å². The molecule has 0 bridgehead atoms. The van der Waals surface area contributed by atoms with Gasteiger partial charge in [0.1, 0.15) is 17.2 Å². The van der Waals surface area contributed by atoms with Crippen LogP contribution < -0.4 is 5.32 Å². The van der Waals surface area contributed by atoms with Crippen LogP contribution in [0, 0.1) is 22.7 Å². The molecule has 86 valence electrons. The number of halogens is 1. The first-order valence-electron chi connectivity index (χ1n) is 5.07. The Morgan fingerprint density at radius 1 is 1.06 bits per heavy atom. The summed E-state index contributed by atoms with van der Waals surface area (Å²) in [5.74, 6) is 0.360. The predicted molar refractivity (Wildman–Crippen MR) is 68.4 cm³/mol. The van der Waals surface area contributed by atoms with Gasteiger partial charge in [0.15, 0.2) is 5.82 Å². The molecule has 0 radical (unpaired) electrons. The van der Waals surface area contributed by atoms with Crippen molar-refractivity contribution in [3.05, 3.63) is 52.7 Å². The number of anilines is 2. The Bertz CT molecular complexity index is 667. The Balaban J connectivity index is 2.42. The lowest BCUT2D eigenvalue weighted by Crippen LogP contribution is -1.97. The average Bonchev–Trinajstić information content (AvgIpc) is 2.42. The predicted octanol–water partition coefficient (Wildman–Crippen LogP) is 3.22. The van der Waals surface area contributed by atoms with Gasteiger partial charge in [0.05, 0.1) is 16.8 Å². The van der Waals surface area contributed by atoms with E-state index in [1.54, 1.807) is 24.3 Å². The molecule has 2 aromatic rings. The van der Waals surface area contributed by atoms with Crippen LogP contribution in [0.2, 0.25) is 5.02 Å². The SMILES string of the molecule is N#Cc1ccccc1Nc1nccc(C#N)c1Cl. The Morgan fingerprint density at radius 2 is 1.78 bits per heavy atom. The van der Waals surface area contributed by atoms with Crippen molar-refractivity contribution < 1.29 is 0 Å². The number of nitrogens with one attached hydrogen (secondary N) is 1. The topological polar surface area (TPSA) is 72.5 Å². The van der Waals surface area contributed by atoms with Crippen LogP contribution in [0.1, 0.15) is 11.1 Å². The Hall–Kier alpha value is -2.56. The average molecular weight is 255 g/mol. The Morgan fingerprint density at radius 3 is 2.50 bits per heavy atom. The molecule has 1 aromatic heterocycles. The molecule has 2 rings (SSSR count). The van der Waals surface area contributed by atoms with Crippen LogP contribution >= 0.6 is 11.6 Å². The molecule has 0 spiro atoms. The van der Waals surface area contributed by atoms with Gasteiger partial charge >= 0.3 is 0 Å². The highest BCUT2D eigenvalue weighted by atomic mass is 35.5. The summed E-state index contributed by atoms with van der Waals surface area (Å²) in [6, 6.07) is 12.6. The second kappa shape index (κ2) is 5.18. The van der Waals surface area contributed by atoms with Crippen LogP contribution in [0.25, 0.3) is 0 Å². The summed E-state index contributed by atoms with van der Waals surface area (Å²) >= 11 is 6.02. The quantitative estimate of drug-likeness (QED) is 0.893. The van der Waals surface area contributed by atoms with Crippen molar-refractivity contribution in [2.45, 2.75) is 0 Å². The van der Waals surface area contributed by atoms with E-state index in [4.69, 9.17) is 22.1 Å². The van der Waals surface area contributed by atoms with Gasteiger partial charge < -0.3 is 5.32 Å². The zero-order valence-electron chi connectivity index (χ0n) is 9.18. The smallest absolute Gasteiger partial charge is 0.150 e. The molecular formula is C13H7ClN4. The van der Waals surface area contributed by atoms with E-state index in [9.17, 15) is 0 Å². The first kappa shape index (κ1) is 11.9. The van der Waals surface area contributed by atoms with Gasteiger partial charge in [-0.25, -0.2) is 4.98 Å². The Kier molecular flexibility index (Phi) is 3.43. The fourth-order valence-corrected chi connectivity index (χ4v) is 1.64. The summed E-state index contributed by atoms with van der Waals surface area (Å²) in [5, 5.41) is 21.0. The number of nitriles is 2. The van der Waals surface area contributed by atoms with Crippen molar-refractivity contribution in [3.8, 4) is 12.1 Å². The lowest BCUT2D eigenvalue weighted by atomic mass is 10.2. The van der Waals surface area contributed by atoms with Crippen LogP contribution in [-0.2, 0) is 0 Å². The van der Waals surface area contributed by atoms with Crippen molar-refractivity contribution in [2.75, 3.05) is 5.32 Å². The molecule has 0 aliphatic rings. The fraction of sp³-hybridized carbons (Fsp3) is 0. The summed E-state index contributed by atoms with van der Waals surface area (Å²) in [6.45, 7) is 0. The van der Waals surface area contributed by atoms with Crippen LogP contribution in [0.4, 0.5) is 11.5 Å². The van der Waals surface area contributed by atoms with Crippen molar-refractivity contribution in [3.63, 3.8) is 0 Å². The van der Waals surface area contributed by atoms with Crippen LogP contribution in [0.5, 0.6) is 0 Å². The summed E-state index contributed by atoms with van der Waals surface area (Å²) in [7, 11) is 0. The third-order valence-corrected chi connectivity index (χ3v) is 2.69. The lowest BCUT2D eigenvalue weighted by Gasteiger charge is -2.09. The van der Waals surface area contributed by atoms with Gasteiger partial charge in [-0.2, -0.15) is 10.5 Å². The number of aromatic nitrogens is 1. The maximum atomic E-state index is 8.97. The zero-order valence-corrected chi connectivity index (χ0v) is 9.94. The van der Waals surface area contributed by atoms with E-state index in [2.05, 4.69) is 16.4 Å². The molecule has 5 heteroatoms. The van der Waals surface area contributed by atoms with Gasteiger partial charge in [0.2, 0.25) is 0 Å². The molecule has 0 saturated carbocycles. The van der Waals surface area contributed by atoms with Crippen LogP contribution in [0.15, 0.2) is 36.5 Å². The van der Waals surface area contributed by atoms with Gasteiger partial charge in [-0.3, -0.25) is 0 Å². The third-order valence-electron chi connectivity index (χ3n) is 2.31. The summed E-state index contributed by atoms with van der Waals surface area (Å²) in [4.78, 5) is 4.05. The molecule has 1 heterocycles. The molecule has 0 fully saturated rings. The molecule has 18 heavy (non-hydrogen) atoms. The highest BCUT2D eigenvalue weighted by molar-refractivity contribution is 6.34. The molecule has 0 amide bonds. The van der Waals surface area contributed by atoms with Gasteiger partial charge in [-0.1, -0.05) is 23.7 Å². The van der Waals surface area contributed by atoms with E-state index < -0.39 is 0 Å². The monoisotopic (exact) mass is 254 g/mol. The minimum Gasteiger partial charge on any atom is -0.338 e. The van der Waals surface area contributed by atoms with E-state index >= 15 is 0 Å². The normalized spacial score (nSPS) is 9.28. The lowest BCUT2D eigenvalue weighted by molar-refractivity contribution is 1.29. The molecular weight excluding hydrogens is 248 g/mol.